The Bertz CT molecular complexity index is 4850. The van der Waals surface area contributed by atoms with Crippen molar-refractivity contribution in [2.45, 2.75) is 0 Å². The van der Waals surface area contributed by atoms with Gasteiger partial charge in [0.1, 0.15) is 0 Å². The highest BCUT2D eigenvalue weighted by molar-refractivity contribution is 6.09. The molecule has 4 heteroatoms. The Morgan fingerprint density at radius 3 is 0.663 bits per heavy atom. The van der Waals surface area contributed by atoms with Crippen LogP contribution in [0.3, 0.4) is 0 Å². The normalized spacial score (nSPS) is 11.0. The molecule has 0 amide bonds. The molecule has 16 aromatic rings. The van der Waals surface area contributed by atoms with Crippen molar-refractivity contribution in [1.82, 2.24) is 0 Å². The van der Waals surface area contributed by atoms with Gasteiger partial charge >= 0.3 is 0 Å². The highest BCUT2D eigenvalue weighted by Gasteiger charge is 2.23. The van der Waals surface area contributed by atoms with Crippen LogP contribution in [0.25, 0.3) is 65.3 Å². The van der Waals surface area contributed by atoms with E-state index >= 15 is 0 Å². The Hall–Kier alpha value is -12.2. The maximum absolute atomic E-state index is 2.38. The second kappa shape index (κ2) is 25.8. The number of fused-ring (bicyclic) bond motifs is 4. The summed E-state index contributed by atoms with van der Waals surface area (Å²) in [6.07, 6.45) is 0. The van der Waals surface area contributed by atoms with Gasteiger partial charge in [-0.1, -0.05) is 267 Å². The van der Waals surface area contributed by atoms with Crippen molar-refractivity contribution in [3.8, 4) is 22.3 Å². The Kier molecular flexibility index (Phi) is 15.8. The molecule has 92 heavy (non-hydrogen) atoms. The molecule has 16 rings (SSSR count). The van der Waals surface area contributed by atoms with Crippen molar-refractivity contribution in [2.24, 2.45) is 0 Å². The molecule has 0 fully saturated rings. The van der Waals surface area contributed by atoms with Gasteiger partial charge < -0.3 is 19.6 Å². The minimum Gasteiger partial charge on any atom is -0.310 e. The van der Waals surface area contributed by atoms with Crippen LogP contribution in [0.1, 0.15) is 0 Å². The molecule has 436 valence electrons. The molecule has 0 saturated carbocycles. The van der Waals surface area contributed by atoms with E-state index in [0.29, 0.717) is 0 Å². The quantitative estimate of drug-likeness (QED) is 0.108. The zero-order valence-corrected chi connectivity index (χ0v) is 50.7. The van der Waals surface area contributed by atoms with E-state index in [0.717, 1.165) is 68.2 Å². The lowest BCUT2D eigenvalue weighted by Crippen LogP contribution is -2.12. The minimum atomic E-state index is 1.11. The van der Waals surface area contributed by atoms with Crippen molar-refractivity contribution in [2.75, 3.05) is 19.6 Å². The van der Waals surface area contributed by atoms with Gasteiger partial charge in [0.25, 0.3) is 0 Å². The molecule has 0 bridgehead atoms. The van der Waals surface area contributed by atoms with E-state index in [1.165, 1.54) is 65.3 Å². The highest BCUT2D eigenvalue weighted by atomic mass is 15.2. The lowest BCUT2D eigenvalue weighted by molar-refractivity contribution is 1.28. The molecule has 0 unspecified atom stereocenters. The molecule has 0 N–H and O–H groups in total. The van der Waals surface area contributed by atoms with Crippen LogP contribution in [0.15, 0.2) is 388 Å². The summed E-state index contributed by atoms with van der Waals surface area (Å²) in [6, 6.07) is 139. The fraction of sp³-hybridized carbons (Fsp3) is 0. The highest BCUT2D eigenvalue weighted by Crippen LogP contribution is 2.48. The SMILES string of the molecule is c1ccc(-c2cccc(N(c3ccccc3)c3cccc4c(N(c5ccccc5)c5cccc(-c6ccccc6)c5)cccc34)c2)cc1.c1ccc(N(c2ccc3ccccc3c2)c2cccc3c(N(c4ccccc4)c4ccc5ccccc5c4)cccc23)cc1. The van der Waals surface area contributed by atoms with Crippen molar-refractivity contribution >= 4 is 111 Å². The van der Waals surface area contributed by atoms with E-state index in [-0.39, 0.29) is 0 Å². The van der Waals surface area contributed by atoms with Crippen LogP contribution in [0.4, 0.5) is 68.2 Å². The molecular weight excluding hydrogens is 1110 g/mol. The number of hydrogen-bond donors (Lipinski definition) is 0. The van der Waals surface area contributed by atoms with Gasteiger partial charge in [-0.25, -0.2) is 0 Å². The molecule has 16 aromatic carbocycles. The maximum atomic E-state index is 2.38. The van der Waals surface area contributed by atoms with Gasteiger partial charge in [0.15, 0.2) is 0 Å². The zero-order valence-electron chi connectivity index (χ0n) is 50.7. The first kappa shape index (κ1) is 56.3. The first-order valence-corrected chi connectivity index (χ1v) is 31.4. The van der Waals surface area contributed by atoms with E-state index in [2.05, 4.69) is 408 Å². The van der Waals surface area contributed by atoms with Crippen molar-refractivity contribution in [3.05, 3.63) is 388 Å². The van der Waals surface area contributed by atoms with E-state index in [9.17, 15) is 0 Å². The molecule has 0 saturated heterocycles. The first-order valence-electron chi connectivity index (χ1n) is 31.4. The molecular formula is C88H64N4. The topological polar surface area (TPSA) is 13.0 Å². The smallest absolute Gasteiger partial charge is 0.0540 e. The number of para-hydroxylation sites is 4. The molecule has 0 aliphatic heterocycles. The Morgan fingerprint density at radius 1 is 0.130 bits per heavy atom. The third kappa shape index (κ3) is 11.5. The van der Waals surface area contributed by atoms with Gasteiger partial charge in [-0.15, -0.1) is 0 Å². The predicted octanol–water partition coefficient (Wildman–Crippen LogP) is 25.2. The summed E-state index contributed by atoms with van der Waals surface area (Å²) >= 11 is 0. The fourth-order valence-electron chi connectivity index (χ4n) is 12.9. The second-order valence-electron chi connectivity index (χ2n) is 22.9. The third-order valence-corrected chi connectivity index (χ3v) is 17.2. The summed E-state index contributed by atoms with van der Waals surface area (Å²) in [4.78, 5) is 9.51. The van der Waals surface area contributed by atoms with Crippen LogP contribution in [-0.4, -0.2) is 0 Å². The number of rotatable bonds is 14. The van der Waals surface area contributed by atoms with Gasteiger partial charge in [0.05, 0.1) is 22.7 Å². The molecule has 0 spiro atoms. The predicted molar refractivity (Wildman–Crippen MR) is 393 cm³/mol. The first-order chi connectivity index (χ1) is 45.7. The Labute approximate surface area is 538 Å². The number of nitrogens with zero attached hydrogens (tertiary/aromatic N) is 4. The largest absolute Gasteiger partial charge is 0.310 e. The van der Waals surface area contributed by atoms with Crippen LogP contribution in [-0.2, 0) is 0 Å². The van der Waals surface area contributed by atoms with Gasteiger partial charge in [-0.3, -0.25) is 0 Å². The number of benzene rings is 16. The van der Waals surface area contributed by atoms with E-state index in [1.807, 2.05) is 0 Å². The second-order valence-corrected chi connectivity index (χ2v) is 22.9. The summed E-state index contributed by atoms with van der Waals surface area (Å²) in [6.45, 7) is 0. The van der Waals surface area contributed by atoms with Gasteiger partial charge in [0, 0.05) is 67.0 Å². The fourth-order valence-corrected chi connectivity index (χ4v) is 12.9. The van der Waals surface area contributed by atoms with Crippen LogP contribution < -0.4 is 19.6 Å². The monoisotopic (exact) mass is 1180 g/mol. The van der Waals surface area contributed by atoms with Crippen LogP contribution in [0.5, 0.6) is 0 Å². The van der Waals surface area contributed by atoms with Crippen LogP contribution in [0.2, 0.25) is 0 Å². The van der Waals surface area contributed by atoms with E-state index in [1.54, 1.807) is 0 Å². The summed E-state index contributed by atoms with van der Waals surface area (Å²) in [5, 5.41) is 9.62. The lowest BCUT2D eigenvalue weighted by atomic mass is 10.0. The van der Waals surface area contributed by atoms with Crippen molar-refractivity contribution < 1.29 is 0 Å². The lowest BCUT2D eigenvalue weighted by Gasteiger charge is -2.30. The van der Waals surface area contributed by atoms with Crippen LogP contribution >= 0.6 is 0 Å². The maximum Gasteiger partial charge on any atom is 0.0540 e. The molecule has 0 atom stereocenters. The molecule has 0 aliphatic rings. The van der Waals surface area contributed by atoms with Gasteiger partial charge in [-0.2, -0.15) is 0 Å². The Balaban J connectivity index is 0.000000153. The zero-order chi connectivity index (χ0) is 61.4. The average molecular weight is 1180 g/mol. The summed E-state index contributed by atoms with van der Waals surface area (Å²) in [5.41, 5.74) is 18.2. The molecule has 0 aliphatic carbocycles. The summed E-state index contributed by atoms with van der Waals surface area (Å²) in [5.74, 6) is 0. The minimum absolute atomic E-state index is 1.11. The molecule has 0 aromatic heterocycles. The third-order valence-electron chi connectivity index (χ3n) is 17.2. The van der Waals surface area contributed by atoms with Crippen molar-refractivity contribution in [1.29, 1.82) is 0 Å². The van der Waals surface area contributed by atoms with Gasteiger partial charge in [-0.05, 0) is 165 Å². The molecule has 0 radical (unpaired) electrons. The standard InChI is InChI=1S/C46H34N2.C42H30N2/c1-5-17-35(18-6-1)37-21-13-27-41(33-37)47(39-23-9-3-10-24-39)45-31-15-30-44-43(45)29-16-32-46(44)48(40-25-11-4-12-26-40)42-28-14-22-38(34-42)36-19-7-2-8-20-36;1-3-17-35(18-4-1)43(37-27-25-31-13-7-9-15-33(31)29-37)41-23-11-22-40-39(41)21-12-24-42(40)44(36-19-5-2-6-20-36)38-28-26-32-14-8-10-16-34(32)30-38/h1-34H;1-30H. The summed E-state index contributed by atoms with van der Waals surface area (Å²) in [7, 11) is 0. The van der Waals surface area contributed by atoms with Crippen molar-refractivity contribution in [3.63, 3.8) is 0 Å². The molecule has 4 nitrogen and oxygen atoms in total. The number of hydrogen-bond acceptors (Lipinski definition) is 4. The Morgan fingerprint density at radius 2 is 0.359 bits per heavy atom. The molecule has 0 heterocycles. The average Bonchev–Trinajstić information content (AvgIpc) is 0.794. The van der Waals surface area contributed by atoms with E-state index in [4.69, 9.17) is 0 Å². The summed E-state index contributed by atoms with van der Waals surface area (Å²) < 4.78 is 0. The van der Waals surface area contributed by atoms with Crippen LogP contribution in [0, 0.1) is 0 Å². The van der Waals surface area contributed by atoms with Gasteiger partial charge in [0.2, 0.25) is 0 Å². The number of anilines is 12. The van der Waals surface area contributed by atoms with E-state index < -0.39 is 0 Å².